The number of ether oxygens (including phenoxy) is 3. The van der Waals surface area contributed by atoms with Gasteiger partial charge in [0.2, 0.25) is 5.88 Å². The van der Waals surface area contributed by atoms with Crippen LogP contribution in [0.15, 0.2) is 42.7 Å². The number of aromatic carboxylic acids is 1. The lowest BCUT2D eigenvalue weighted by molar-refractivity contribution is -0.0593. The smallest absolute Gasteiger partial charge is 0.337 e. The Morgan fingerprint density at radius 1 is 1.23 bits per heavy atom. The van der Waals surface area contributed by atoms with Gasteiger partial charge in [0.25, 0.3) is 0 Å². The molecule has 2 fully saturated rings. The maximum absolute atomic E-state index is 14.1. The van der Waals surface area contributed by atoms with E-state index in [9.17, 15) is 14.3 Å². The van der Waals surface area contributed by atoms with Crippen LogP contribution in [0.1, 0.15) is 53.8 Å². The van der Waals surface area contributed by atoms with Crippen LogP contribution in [0.3, 0.4) is 0 Å². The molecular weight excluding hydrogens is 557 g/mol. The minimum absolute atomic E-state index is 0.0157. The van der Waals surface area contributed by atoms with Gasteiger partial charge in [-0.05, 0) is 50.5 Å². The molecule has 1 N–H and O–H groups in total. The summed E-state index contributed by atoms with van der Waals surface area (Å²) in [7, 11) is 0. The average molecular weight is 588 g/mol. The summed E-state index contributed by atoms with van der Waals surface area (Å²) in [5, 5.41) is 18.4. The number of hydrogen-bond acceptors (Lipinski definition) is 10. The molecule has 0 bridgehead atoms. The fourth-order valence-electron chi connectivity index (χ4n) is 5.34. The van der Waals surface area contributed by atoms with Crippen molar-refractivity contribution in [1.29, 1.82) is 5.26 Å². The first-order chi connectivity index (χ1) is 20.9. The molecule has 0 unspecified atom stereocenters. The predicted octanol–water partition coefficient (Wildman–Crippen LogP) is 3.73. The number of carbonyl (C=O) groups is 1. The van der Waals surface area contributed by atoms with Gasteiger partial charge in [-0.25, -0.2) is 24.1 Å². The van der Waals surface area contributed by atoms with E-state index in [1.807, 2.05) is 10.6 Å². The minimum atomic E-state index is -1.03. The zero-order valence-electron chi connectivity index (χ0n) is 23.5. The summed E-state index contributed by atoms with van der Waals surface area (Å²) in [4.78, 5) is 31.6. The molecule has 2 aliphatic heterocycles. The number of carboxylic acid groups (broad SMARTS) is 1. The summed E-state index contributed by atoms with van der Waals surface area (Å²) in [6, 6.07) is 9.39. The molecule has 0 radical (unpaired) electrons. The number of imidazole rings is 1. The van der Waals surface area contributed by atoms with E-state index < -0.39 is 11.8 Å². The number of benzene rings is 1. The molecule has 12 nitrogen and oxygen atoms in total. The highest BCUT2D eigenvalue weighted by molar-refractivity contribution is 5.91. The minimum Gasteiger partial charge on any atom is -0.483 e. The molecule has 4 aromatic rings. The van der Waals surface area contributed by atoms with E-state index in [0.717, 1.165) is 44.3 Å². The van der Waals surface area contributed by atoms with Gasteiger partial charge in [0.15, 0.2) is 23.0 Å². The second-order valence-electron chi connectivity index (χ2n) is 10.7. The number of aromatic nitrogens is 5. The van der Waals surface area contributed by atoms with E-state index in [0.29, 0.717) is 36.0 Å². The van der Waals surface area contributed by atoms with Crippen molar-refractivity contribution in [2.75, 3.05) is 13.2 Å². The summed E-state index contributed by atoms with van der Waals surface area (Å²) >= 11 is 0. The van der Waals surface area contributed by atoms with E-state index in [1.54, 1.807) is 18.3 Å². The predicted molar refractivity (Wildman–Crippen MR) is 150 cm³/mol. The van der Waals surface area contributed by atoms with Gasteiger partial charge < -0.3 is 23.9 Å². The number of pyridine rings is 1. The first-order valence-electron chi connectivity index (χ1n) is 14.1. The number of nitriles is 1. The third-order valence-electron chi connectivity index (χ3n) is 7.81. The van der Waals surface area contributed by atoms with Crippen molar-refractivity contribution in [3.05, 3.63) is 71.3 Å². The highest BCUT2D eigenvalue weighted by Crippen LogP contribution is 2.26. The molecule has 0 aliphatic carbocycles. The Morgan fingerprint density at radius 3 is 2.81 bits per heavy atom. The van der Waals surface area contributed by atoms with Gasteiger partial charge in [0.05, 0.1) is 41.9 Å². The lowest BCUT2D eigenvalue weighted by atomic mass is 10.0. The van der Waals surface area contributed by atoms with Gasteiger partial charge >= 0.3 is 5.97 Å². The van der Waals surface area contributed by atoms with Crippen molar-refractivity contribution < 1.29 is 28.5 Å². The normalized spacial score (nSPS) is 20.3. The second kappa shape index (κ2) is 12.3. The number of fused-ring (bicyclic) bond motifs is 1. The van der Waals surface area contributed by atoms with Crippen LogP contribution in [0.5, 0.6) is 11.6 Å². The maximum Gasteiger partial charge on any atom is 0.337 e. The zero-order chi connectivity index (χ0) is 29.9. The quantitative estimate of drug-likeness (QED) is 0.289. The molecule has 0 saturated carbocycles. The van der Waals surface area contributed by atoms with Crippen LogP contribution in [0.25, 0.3) is 11.2 Å². The summed E-state index contributed by atoms with van der Waals surface area (Å²) in [6.07, 6.45) is 5.42. The van der Waals surface area contributed by atoms with Crippen LogP contribution < -0.4 is 9.47 Å². The van der Waals surface area contributed by atoms with Gasteiger partial charge in [-0.3, -0.25) is 4.90 Å². The second-order valence-corrected chi connectivity index (χ2v) is 10.7. The number of piperidine rings is 1. The molecule has 13 heteroatoms. The van der Waals surface area contributed by atoms with Crippen molar-refractivity contribution in [3.8, 4) is 17.7 Å². The van der Waals surface area contributed by atoms with E-state index in [2.05, 4.69) is 26.8 Å². The average Bonchev–Trinajstić information content (AvgIpc) is 3.31. The van der Waals surface area contributed by atoms with Crippen LogP contribution in [0.4, 0.5) is 4.39 Å². The molecule has 2 saturated heterocycles. The van der Waals surface area contributed by atoms with Gasteiger partial charge in [0.1, 0.15) is 18.5 Å². The molecule has 3 aromatic heterocycles. The van der Waals surface area contributed by atoms with E-state index >= 15 is 0 Å². The molecule has 0 amide bonds. The first kappa shape index (κ1) is 28.4. The van der Waals surface area contributed by atoms with Gasteiger partial charge in [0, 0.05) is 37.7 Å². The van der Waals surface area contributed by atoms with Crippen molar-refractivity contribution in [2.24, 2.45) is 0 Å². The van der Waals surface area contributed by atoms with E-state index in [-0.39, 0.29) is 41.7 Å². The highest BCUT2D eigenvalue weighted by Gasteiger charge is 2.30. The molecule has 2 aliphatic rings. The topological polar surface area (TPSA) is 149 Å². The number of carboxylic acids is 1. The van der Waals surface area contributed by atoms with Gasteiger partial charge in [-0.1, -0.05) is 0 Å². The molecule has 43 heavy (non-hydrogen) atoms. The van der Waals surface area contributed by atoms with Crippen LogP contribution >= 0.6 is 0 Å². The van der Waals surface area contributed by atoms with Gasteiger partial charge in [-0.2, -0.15) is 10.2 Å². The molecule has 222 valence electrons. The lowest BCUT2D eigenvalue weighted by Gasteiger charge is -2.37. The summed E-state index contributed by atoms with van der Waals surface area (Å²) in [5.41, 5.74) is 1.56. The summed E-state index contributed by atoms with van der Waals surface area (Å²) in [5.74, 6) is -0.0426. The van der Waals surface area contributed by atoms with Gasteiger partial charge in [-0.15, -0.1) is 0 Å². The Labute approximate surface area is 246 Å². The van der Waals surface area contributed by atoms with E-state index in [4.69, 9.17) is 24.5 Å². The van der Waals surface area contributed by atoms with Crippen LogP contribution in [0.2, 0.25) is 0 Å². The first-order valence-corrected chi connectivity index (χ1v) is 14.1. The van der Waals surface area contributed by atoms with Crippen molar-refractivity contribution >= 4 is 17.1 Å². The third-order valence-corrected chi connectivity index (χ3v) is 7.81. The molecule has 3 atom stereocenters. The molecule has 5 heterocycles. The Bertz CT molecular complexity index is 1690. The van der Waals surface area contributed by atoms with Crippen molar-refractivity contribution in [1.82, 2.24) is 29.4 Å². The van der Waals surface area contributed by atoms with Crippen molar-refractivity contribution in [3.63, 3.8) is 0 Å². The van der Waals surface area contributed by atoms with Crippen LogP contribution in [-0.4, -0.2) is 71.9 Å². The summed E-state index contributed by atoms with van der Waals surface area (Å²) in [6.45, 7) is 4.77. The zero-order valence-corrected chi connectivity index (χ0v) is 23.5. The number of nitrogens with zero attached hydrogens (tertiary/aromatic N) is 7. The fourth-order valence-corrected chi connectivity index (χ4v) is 5.34. The van der Waals surface area contributed by atoms with E-state index in [1.165, 1.54) is 18.3 Å². The Kier molecular flexibility index (Phi) is 8.13. The maximum atomic E-state index is 14.1. The lowest BCUT2D eigenvalue weighted by Crippen LogP contribution is -2.44. The Balaban J connectivity index is 1.09. The molecule has 1 aromatic carbocycles. The van der Waals surface area contributed by atoms with Crippen molar-refractivity contribution in [2.45, 2.75) is 64.1 Å². The van der Waals surface area contributed by atoms with Crippen LogP contribution in [-0.2, 0) is 24.4 Å². The standard InChI is InChI=1S/C30H30FN7O5/c1-18-10-21(43-28-4-7-33-26(35-28)17-42-25-3-2-19(13-32)11-23(25)31)5-8-37(18)16-27-36-29-24(12-20(14-34-29)30(39)40)38(27)15-22-6-9-41-22/h2-4,7,11-12,14,18,21-22H,5-6,8-10,15-17H2,1H3,(H,39,40)/t18-,21-,22-/m0/s1. The van der Waals surface area contributed by atoms with Crippen LogP contribution in [0, 0.1) is 17.1 Å². The summed E-state index contributed by atoms with van der Waals surface area (Å²) < 4.78 is 33.6. The number of hydrogen-bond donors (Lipinski definition) is 1. The fraction of sp³-hybridized carbons (Fsp3) is 0.400. The third kappa shape index (κ3) is 6.40. The monoisotopic (exact) mass is 587 g/mol. The number of rotatable bonds is 10. The molecular formula is C30H30FN7O5. The SMILES string of the molecule is C[C@H]1C[C@@H](Oc2ccnc(COc3ccc(C#N)cc3F)n2)CCN1Cc1nc2ncc(C(=O)O)cc2n1C[C@@H]1CCO1. The largest absolute Gasteiger partial charge is 0.483 e. The Morgan fingerprint density at radius 2 is 2.09 bits per heavy atom. The molecule has 0 spiro atoms. The number of halogens is 1. The highest BCUT2D eigenvalue weighted by atomic mass is 19.1. The molecule has 6 rings (SSSR count). The number of likely N-dealkylation sites (tertiary alicyclic amines) is 1. The Hall–Kier alpha value is -4.67.